The van der Waals surface area contributed by atoms with Crippen molar-refractivity contribution in [3.8, 4) is 0 Å². The van der Waals surface area contributed by atoms with E-state index in [2.05, 4.69) is 68.2 Å². The molecule has 1 atom stereocenters. The average molecular weight is 297 g/mol. The third-order valence-corrected chi connectivity index (χ3v) is 7.51. The highest BCUT2D eigenvalue weighted by molar-refractivity contribution is 6.83. The Morgan fingerprint density at radius 3 is 2.19 bits per heavy atom. The van der Waals surface area contributed by atoms with Crippen LogP contribution in [0.3, 0.4) is 0 Å². The monoisotopic (exact) mass is 296 g/mol. The van der Waals surface area contributed by atoms with E-state index in [9.17, 15) is 0 Å². The molecule has 2 aliphatic rings. The molecule has 1 aromatic carbocycles. The van der Waals surface area contributed by atoms with Crippen LogP contribution in [-0.4, -0.2) is 8.07 Å². The molecule has 0 bridgehead atoms. The van der Waals surface area contributed by atoms with Crippen LogP contribution in [0.1, 0.15) is 37.7 Å². The van der Waals surface area contributed by atoms with Crippen LogP contribution in [-0.2, 0) is 5.41 Å². The van der Waals surface area contributed by atoms with Crippen molar-refractivity contribution in [1.82, 2.24) is 0 Å². The van der Waals surface area contributed by atoms with E-state index < -0.39 is 8.07 Å². The van der Waals surface area contributed by atoms with E-state index in [0.717, 1.165) is 0 Å². The summed E-state index contributed by atoms with van der Waals surface area (Å²) in [7, 11) is -1.19. The smallest absolute Gasteiger partial charge is 0.0771 e. The fourth-order valence-electron chi connectivity index (χ4n) is 4.12. The maximum absolute atomic E-state index is 2.62. The van der Waals surface area contributed by atoms with Gasteiger partial charge in [-0.2, -0.15) is 0 Å². The van der Waals surface area contributed by atoms with Gasteiger partial charge >= 0.3 is 0 Å². The van der Waals surface area contributed by atoms with Gasteiger partial charge in [0.15, 0.2) is 0 Å². The molecule has 0 saturated heterocycles. The molecular weight excluding hydrogens is 268 g/mol. The Balaban J connectivity index is 1.99. The summed E-state index contributed by atoms with van der Waals surface area (Å²) in [6.45, 7) is 7.38. The summed E-state index contributed by atoms with van der Waals surface area (Å²) in [6, 6.07) is 11.3. The topological polar surface area (TPSA) is 0 Å². The number of rotatable bonds is 3. The van der Waals surface area contributed by atoms with E-state index in [1.54, 1.807) is 10.8 Å². The maximum atomic E-state index is 2.62. The third-order valence-electron chi connectivity index (χ3n) is 5.44. The lowest BCUT2D eigenvalue weighted by Crippen LogP contribution is -2.35. The van der Waals surface area contributed by atoms with Gasteiger partial charge in [0.2, 0.25) is 0 Å². The Bertz CT molecular complexity index is 539. The molecule has 1 unspecified atom stereocenters. The predicted molar refractivity (Wildman–Crippen MR) is 95.3 cm³/mol. The lowest BCUT2D eigenvalue weighted by molar-refractivity contribution is 0.253. The molecule has 0 amide bonds. The number of hydrogen-bond donors (Lipinski definition) is 0. The largest absolute Gasteiger partial charge is 0.0775 e. The van der Waals surface area contributed by atoms with Crippen LogP contribution in [0.15, 0.2) is 53.8 Å². The molecule has 0 aromatic heterocycles. The summed E-state index contributed by atoms with van der Waals surface area (Å²) in [4.78, 5) is 0. The highest BCUT2D eigenvalue weighted by Gasteiger charge is 2.41. The van der Waals surface area contributed by atoms with Gasteiger partial charge in [0, 0.05) is 11.3 Å². The Morgan fingerprint density at radius 2 is 1.62 bits per heavy atom. The molecule has 1 fully saturated rings. The molecule has 1 aromatic rings. The second-order valence-corrected chi connectivity index (χ2v) is 12.9. The number of benzene rings is 1. The minimum Gasteiger partial charge on any atom is -0.0775 e. The summed E-state index contributed by atoms with van der Waals surface area (Å²) in [6.07, 6.45) is 14.4. The van der Waals surface area contributed by atoms with E-state index in [-0.39, 0.29) is 0 Å². The maximum Gasteiger partial charge on any atom is 0.0771 e. The van der Waals surface area contributed by atoms with E-state index in [1.165, 1.54) is 32.1 Å². The van der Waals surface area contributed by atoms with E-state index in [4.69, 9.17) is 0 Å². The average Bonchev–Trinajstić information content (AvgIpc) is 2.99. The Labute approximate surface area is 131 Å². The first-order valence-electron chi connectivity index (χ1n) is 8.48. The first-order valence-corrected chi connectivity index (χ1v) is 12.0. The zero-order chi connectivity index (χ0) is 14.9. The van der Waals surface area contributed by atoms with Crippen molar-refractivity contribution >= 4 is 8.07 Å². The van der Waals surface area contributed by atoms with Gasteiger partial charge < -0.3 is 0 Å². The molecule has 0 N–H and O–H groups in total. The van der Waals surface area contributed by atoms with E-state index >= 15 is 0 Å². The molecule has 0 spiro atoms. The van der Waals surface area contributed by atoms with Crippen LogP contribution in [0, 0.1) is 5.92 Å². The molecule has 112 valence electrons. The van der Waals surface area contributed by atoms with Gasteiger partial charge in [-0.25, -0.2) is 0 Å². The van der Waals surface area contributed by atoms with Gasteiger partial charge in [-0.1, -0.05) is 92.7 Å². The normalized spacial score (nSPS) is 24.9. The third kappa shape index (κ3) is 2.81. The van der Waals surface area contributed by atoms with Crippen molar-refractivity contribution in [2.45, 2.75) is 57.2 Å². The van der Waals surface area contributed by atoms with Crippen molar-refractivity contribution < 1.29 is 0 Å². The van der Waals surface area contributed by atoms with Crippen molar-refractivity contribution in [2.24, 2.45) is 5.92 Å². The quantitative estimate of drug-likeness (QED) is 0.611. The van der Waals surface area contributed by atoms with Crippen LogP contribution >= 0.6 is 0 Å². The van der Waals surface area contributed by atoms with Crippen molar-refractivity contribution in [3.05, 3.63) is 59.3 Å². The van der Waals surface area contributed by atoms with Crippen molar-refractivity contribution in [2.75, 3.05) is 0 Å². The second-order valence-electron chi connectivity index (χ2n) is 7.84. The molecule has 0 heterocycles. The first-order chi connectivity index (χ1) is 10.0. The molecule has 2 aliphatic carbocycles. The van der Waals surface area contributed by atoms with Gasteiger partial charge in [0.05, 0.1) is 8.07 Å². The van der Waals surface area contributed by atoms with Crippen molar-refractivity contribution in [3.63, 3.8) is 0 Å². The van der Waals surface area contributed by atoms with E-state index in [0.29, 0.717) is 11.3 Å². The fourth-order valence-corrected chi connectivity index (χ4v) is 5.40. The van der Waals surface area contributed by atoms with E-state index in [1.807, 2.05) is 0 Å². The molecular formula is C20H28Si. The Kier molecular flexibility index (Phi) is 3.96. The molecule has 0 radical (unpaired) electrons. The molecule has 0 aliphatic heterocycles. The molecule has 1 heteroatoms. The zero-order valence-electron chi connectivity index (χ0n) is 13.7. The Morgan fingerprint density at radius 1 is 0.952 bits per heavy atom. The molecule has 3 rings (SSSR count). The summed E-state index contributed by atoms with van der Waals surface area (Å²) in [5.41, 5.74) is 1.92. The minimum atomic E-state index is -1.19. The zero-order valence-corrected chi connectivity index (χ0v) is 14.7. The highest BCUT2D eigenvalue weighted by Crippen LogP contribution is 2.48. The fraction of sp³-hybridized carbons (Fsp3) is 0.500. The van der Waals surface area contributed by atoms with Gasteiger partial charge in [0.25, 0.3) is 0 Å². The first kappa shape index (κ1) is 14.8. The van der Waals surface area contributed by atoms with Crippen LogP contribution in [0.5, 0.6) is 0 Å². The lowest BCUT2D eigenvalue weighted by Gasteiger charge is -2.42. The summed E-state index contributed by atoms with van der Waals surface area (Å²) in [5.74, 6) is 0.613. The van der Waals surface area contributed by atoms with Gasteiger partial charge in [-0.05, 0) is 18.4 Å². The van der Waals surface area contributed by atoms with Crippen LogP contribution in [0.25, 0.3) is 0 Å². The predicted octanol–water partition coefficient (Wildman–Crippen LogP) is 5.88. The number of hydrogen-bond acceptors (Lipinski definition) is 0. The number of allylic oxidation sites excluding steroid dienone is 4. The summed E-state index contributed by atoms with van der Waals surface area (Å²) >= 11 is 0. The summed E-state index contributed by atoms with van der Waals surface area (Å²) in [5, 5.41) is 1.65. The SMILES string of the molecule is C[Si](C)(C)C1=CC(C2(c3ccccc3)CCCCC2)C=C1. The second kappa shape index (κ2) is 5.60. The van der Waals surface area contributed by atoms with Crippen LogP contribution in [0.2, 0.25) is 19.6 Å². The van der Waals surface area contributed by atoms with Gasteiger partial charge in [-0.3, -0.25) is 0 Å². The Hall–Kier alpha value is -1.08. The van der Waals surface area contributed by atoms with Gasteiger partial charge in [-0.15, -0.1) is 0 Å². The van der Waals surface area contributed by atoms with Crippen LogP contribution < -0.4 is 0 Å². The molecule has 0 nitrogen and oxygen atoms in total. The van der Waals surface area contributed by atoms with Crippen LogP contribution in [0.4, 0.5) is 0 Å². The summed E-state index contributed by atoms with van der Waals surface area (Å²) < 4.78 is 0. The molecule has 1 saturated carbocycles. The highest BCUT2D eigenvalue weighted by atomic mass is 28.3. The lowest BCUT2D eigenvalue weighted by atomic mass is 9.62. The van der Waals surface area contributed by atoms with Gasteiger partial charge in [0.1, 0.15) is 0 Å². The van der Waals surface area contributed by atoms with Crippen molar-refractivity contribution in [1.29, 1.82) is 0 Å². The minimum absolute atomic E-state index is 0.359. The standard InChI is InChI=1S/C20H28Si/c1-21(2,3)19-13-12-18(16-19)20(14-8-5-9-15-20)17-10-6-4-7-11-17/h4,6-7,10-13,16,18H,5,8-9,14-15H2,1-3H3. The molecule has 21 heavy (non-hydrogen) atoms.